The molecule has 1 saturated carbocycles. The Hall–Kier alpha value is -3.42. The summed E-state index contributed by atoms with van der Waals surface area (Å²) in [6.07, 6.45) is 5.66. The molecule has 0 unspecified atom stereocenters. The van der Waals surface area contributed by atoms with Crippen molar-refractivity contribution in [3.63, 3.8) is 0 Å². The van der Waals surface area contributed by atoms with Gasteiger partial charge in [-0.05, 0) is 60.9 Å². The Bertz CT molecular complexity index is 1220. The molecule has 2 N–H and O–H groups in total. The maximum absolute atomic E-state index is 13.9. The van der Waals surface area contributed by atoms with E-state index in [0.717, 1.165) is 36.5 Å². The monoisotopic (exact) mass is 474 g/mol. The third kappa shape index (κ3) is 3.66. The van der Waals surface area contributed by atoms with E-state index in [0.29, 0.717) is 43.8 Å². The largest absolute Gasteiger partial charge is 0.341 e. The van der Waals surface area contributed by atoms with Crippen LogP contribution in [-0.2, 0) is 9.59 Å². The third-order valence-corrected chi connectivity index (χ3v) is 8.55. The normalized spacial score (nSPS) is 27.6. The Kier molecular flexibility index (Phi) is 5.27. The minimum Gasteiger partial charge on any atom is -0.341 e. The second-order valence-electron chi connectivity index (χ2n) is 10.5. The number of hydrogen-bond acceptors (Lipinski definition) is 4. The van der Waals surface area contributed by atoms with Crippen molar-refractivity contribution in [1.29, 1.82) is 0 Å². The predicted molar refractivity (Wildman–Crippen MR) is 129 cm³/mol. The lowest BCUT2D eigenvalue weighted by Gasteiger charge is -2.40. The topological polar surface area (TPSA) is 98.8 Å². The van der Waals surface area contributed by atoms with Gasteiger partial charge in [-0.1, -0.05) is 43.2 Å². The minimum atomic E-state index is -0.919. The van der Waals surface area contributed by atoms with Gasteiger partial charge < -0.3 is 15.1 Å². The second kappa shape index (κ2) is 8.36. The molecular formula is C27H30N4O4. The van der Waals surface area contributed by atoms with Crippen molar-refractivity contribution in [3.05, 3.63) is 48.0 Å². The SMILES string of the molecule is O=C1NC(=O)C2(CCN(C(=O)[C@@H]3C[C@@H]4CCCC[C@@H]4N3C(=O)c3ccc4ccccc4c3)CC2)N1. The van der Waals surface area contributed by atoms with E-state index in [1.807, 2.05) is 47.4 Å². The molecule has 0 radical (unpaired) electrons. The number of nitrogens with one attached hydrogen (secondary N) is 2. The van der Waals surface area contributed by atoms with Gasteiger partial charge in [0.05, 0.1) is 0 Å². The van der Waals surface area contributed by atoms with Crippen molar-refractivity contribution in [2.75, 3.05) is 13.1 Å². The standard InChI is InChI=1S/C27H30N4O4/c32-23(20-10-9-17-5-1-2-6-18(17)15-20)31-21-8-4-3-7-19(21)16-22(31)24(33)30-13-11-27(12-14-30)25(34)28-26(35)29-27/h1-2,5-6,9-10,15,19,21-22H,3-4,7-8,11-14,16H2,(H2,28,29,34,35)/t19-,21-,22-/m0/s1. The van der Waals surface area contributed by atoms with E-state index in [-0.39, 0.29) is 23.8 Å². The van der Waals surface area contributed by atoms with Crippen molar-refractivity contribution in [1.82, 2.24) is 20.4 Å². The molecule has 3 saturated heterocycles. The first-order chi connectivity index (χ1) is 16.9. The van der Waals surface area contributed by atoms with Crippen molar-refractivity contribution < 1.29 is 19.2 Å². The van der Waals surface area contributed by atoms with Gasteiger partial charge in [-0.15, -0.1) is 0 Å². The highest BCUT2D eigenvalue weighted by atomic mass is 16.2. The minimum absolute atomic E-state index is 0.0341. The van der Waals surface area contributed by atoms with Gasteiger partial charge in [0.25, 0.3) is 11.8 Å². The lowest BCUT2D eigenvalue weighted by Crippen LogP contribution is -2.58. The molecule has 2 aromatic carbocycles. The molecule has 4 aliphatic rings. The number of carbonyl (C=O) groups excluding carboxylic acids is 4. The molecule has 1 spiro atoms. The van der Waals surface area contributed by atoms with Gasteiger partial charge in [0.2, 0.25) is 5.91 Å². The fourth-order valence-corrected chi connectivity index (χ4v) is 6.64. The zero-order chi connectivity index (χ0) is 24.2. The predicted octanol–water partition coefficient (Wildman–Crippen LogP) is 2.81. The van der Waals surface area contributed by atoms with Crippen molar-refractivity contribution >= 4 is 34.5 Å². The van der Waals surface area contributed by atoms with Crippen LogP contribution in [0.15, 0.2) is 42.5 Å². The summed E-state index contributed by atoms with van der Waals surface area (Å²) in [4.78, 5) is 55.3. The number of benzene rings is 2. The molecule has 35 heavy (non-hydrogen) atoms. The summed E-state index contributed by atoms with van der Waals surface area (Å²) < 4.78 is 0. The molecule has 3 heterocycles. The van der Waals surface area contributed by atoms with Crippen LogP contribution in [-0.4, -0.2) is 64.3 Å². The summed E-state index contributed by atoms with van der Waals surface area (Å²) >= 11 is 0. The summed E-state index contributed by atoms with van der Waals surface area (Å²) in [6, 6.07) is 12.9. The summed E-state index contributed by atoms with van der Waals surface area (Å²) in [6.45, 7) is 0.771. The number of likely N-dealkylation sites (tertiary alicyclic amines) is 2. The first-order valence-corrected chi connectivity index (χ1v) is 12.7. The van der Waals surface area contributed by atoms with Crippen LogP contribution in [0.1, 0.15) is 55.3 Å². The molecule has 4 fully saturated rings. The number of nitrogens with zero attached hydrogens (tertiary/aromatic N) is 2. The third-order valence-electron chi connectivity index (χ3n) is 8.55. The lowest BCUT2D eigenvalue weighted by molar-refractivity contribution is -0.139. The smallest absolute Gasteiger partial charge is 0.322 e. The molecule has 2 aromatic rings. The first kappa shape index (κ1) is 22.1. The van der Waals surface area contributed by atoms with E-state index in [4.69, 9.17) is 0 Å². The molecule has 1 aliphatic carbocycles. The highest BCUT2D eigenvalue weighted by Gasteiger charge is 2.52. The Labute approximate surface area is 204 Å². The van der Waals surface area contributed by atoms with Gasteiger partial charge in [0.1, 0.15) is 11.6 Å². The summed E-state index contributed by atoms with van der Waals surface area (Å²) in [5.41, 5.74) is -0.298. The number of piperidine rings is 1. The highest BCUT2D eigenvalue weighted by Crippen LogP contribution is 2.41. The molecule has 5 amide bonds. The molecule has 3 atom stereocenters. The van der Waals surface area contributed by atoms with Crippen LogP contribution in [0.25, 0.3) is 10.8 Å². The van der Waals surface area contributed by atoms with E-state index >= 15 is 0 Å². The lowest BCUT2D eigenvalue weighted by atomic mass is 9.84. The van der Waals surface area contributed by atoms with E-state index in [1.165, 1.54) is 0 Å². The van der Waals surface area contributed by atoms with Crippen molar-refractivity contribution in [2.24, 2.45) is 5.92 Å². The Morgan fingerprint density at radius 2 is 1.69 bits per heavy atom. The number of hydrogen-bond donors (Lipinski definition) is 2. The maximum Gasteiger partial charge on any atom is 0.322 e. The first-order valence-electron chi connectivity index (χ1n) is 12.7. The molecule has 6 rings (SSSR count). The number of urea groups is 1. The summed E-state index contributed by atoms with van der Waals surface area (Å²) in [7, 11) is 0. The van der Waals surface area contributed by atoms with Crippen LogP contribution in [0, 0.1) is 5.92 Å². The van der Waals surface area contributed by atoms with Crippen molar-refractivity contribution in [3.8, 4) is 0 Å². The Balaban J connectivity index is 1.25. The Morgan fingerprint density at radius 1 is 0.943 bits per heavy atom. The van der Waals surface area contributed by atoms with Gasteiger partial charge in [-0.2, -0.15) is 0 Å². The van der Waals surface area contributed by atoms with Crippen LogP contribution in [0.2, 0.25) is 0 Å². The van der Waals surface area contributed by atoms with Crippen molar-refractivity contribution in [2.45, 2.75) is 62.6 Å². The van der Waals surface area contributed by atoms with Crippen LogP contribution in [0.5, 0.6) is 0 Å². The van der Waals surface area contributed by atoms with E-state index in [9.17, 15) is 19.2 Å². The zero-order valence-electron chi connectivity index (χ0n) is 19.7. The van der Waals surface area contributed by atoms with Gasteiger partial charge in [0.15, 0.2) is 0 Å². The quantitative estimate of drug-likeness (QED) is 0.654. The van der Waals surface area contributed by atoms with Crippen LogP contribution in [0.3, 0.4) is 0 Å². The second-order valence-corrected chi connectivity index (χ2v) is 10.5. The average Bonchev–Trinajstić information content (AvgIpc) is 3.40. The average molecular weight is 475 g/mol. The number of fused-ring (bicyclic) bond motifs is 2. The summed E-state index contributed by atoms with van der Waals surface area (Å²) in [5, 5.41) is 7.16. The molecule has 0 bridgehead atoms. The molecule has 0 aromatic heterocycles. The number of rotatable bonds is 2. The van der Waals surface area contributed by atoms with Gasteiger partial charge in [0, 0.05) is 24.7 Å². The maximum atomic E-state index is 13.9. The van der Waals surface area contributed by atoms with Gasteiger partial charge in [-0.3, -0.25) is 19.7 Å². The fourth-order valence-electron chi connectivity index (χ4n) is 6.64. The van der Waals surface area contributed by atoms with E-state index in [2.05, 4.69) is 10.6 Å². The number of amides is 5. The molecule has 8 heteroatoms. The zero-order valence-corrected chi connectivity index (χ0v) is 19.7. The van der Waals surface area contributed by atoms with Crippen LogP contribution < -0.4 is 10.6 Å². The number of imide groups is 1. The van der Waals surface area contributed by atoms with Gasteiger partial charge >= 0.3 is 6.03 Å². The molecule has 8 nitrogen and oxygen atoms in total. The summed E-state index contributed by atoms with van der Waals surface area (Å²) in [5.74, 6) is -0.0692. The highest BCUT2D eigenvalue weighted by molar-refractivity contribution is 6.07. The van der Waals surface area contributed by atoms with E-state index in [1.54, 1.807) is 4.90 Å². The fraction of sp³-hybridized carbons (Fsp3) is 0.481. The molecule has 3 aliphatic heterocycles. The van der Waals surface area contributed by atoms with Crippen LogP contribution >= 0.6 is 0 Å². The van der Waals surface area contributed by atoms with E-state index < -0.39 is 17.6 Å². The van der Waals surface area contributed by atoms with Crippen LogP contribution in [0.4, 0.5) is 4.79 Å². The van der Waals surface area contributed by atoms with Gasteiger partial charge in [-0.25, -0.2) is 4.79 Å². The molecule has 182 valence electrons. The Morgan fingerprint density at radius 3 is 2.43 bits per heavy atom. The number of carbonyl (C=O) groups is 4. The molecular weight excluding hydrogens is 444 g/mol.